The van der Waals surface area contributed by atoms with E-state index in [1.165, 1.54) is 0 Å². The summed E-state index contributed by atoms with van der Waals surface area (Å²) in [4.78, 5) is 0. The molecule has 0 aliphatic heterocycles. The highest BCUT2D eigenvalue weighted by atomic mass is 35.6. The number of hydrogen-bond donors (Lipinski definition) is 1. The van der Waals surface area contributed by atoms with Crippen molar-refractivity contribution in [1.82, 2.24) is 0 Å². The monoisotopic (exact) mass is 308 g/mol. The number of phenols is 1. The second-order valence-corrected chi connectivity index (χ2v) is 7.23. The van der Waals surface area contributed by atoms with Gasteiger partial charge in [0.2, 0.25) is 0 Å². The lowest BCUT2D eigenvalue weighted by Gasteiger charge is -2.24. The lowest BCUT2D eigenvalue weighted by Crippen LogP contribution is -2.21. The Hall–Kier alpha value is -0.110. The van der Waals surface area contributed by atoms with Gasteiger partial charge in [-0.1, -0.05) is 73.8 Å². The van der Waals surface area contributed by atoms with Gasteiger partial charge in [-0.3, -0.25) is 0 Å². The molecule has 0 fully saturated rings. The van der Waals surface area contributed by atoms with E-state index in [-0.39, 0.29) is 11.8 Å². The first-order valence-corrected chi connectivity index (χ1v) is 7.28. The van der Waals surface area contributed by atoms with Crippen molar-refractivity contribution in [3.8, 4) is 5.75 Å². The lowest BCUT2D eigenvalue weighted by molar-refractivity contribution is 0.443. The Bertz CT molecular complexity index is 397. The molecule has 0 aromatic heterocycles. The molecule has 0 radical (unpaired) electrons. The summed E-state index contributed by atoms with van der Waals surface area (Å²) >= 11 is 17.9. The van der Waals surface area contributed by atoms with Crippen LogP contribution < -0.4 is 0 Å². The van der Waals surface area contributed by atoms with E-state index >= 15 is 0 Å². The molecule has 0 spiro atoms. The molecule has 0 aliphatic rings. The van der Waals surface area contributed by atoms with Gasteiger partial charge in [-0.2, -0.15) is 0 Å². The summed E-state index contributed by atoms with van der Waals surface area (Å²) in [6, 6.07) is 5.76. The number of hydrogen-bond acceptors (Lipinski definition) is 1. The van der Waals surface area contributed by atoms with Crippen LogP contribution in [0.25, 0.3) is 0 Å². The Labute approximate surface area is 124 Å². The van der Waals surface area contributed by atoms with Crippen LogP contribution >= 0.6 is 34.8 Å². The normalized spacial score (nSPS) is 13.9. The Morgan fingerprint density at radius 2 is 1.83 bits per heavy atom. The van der Waals surface area contributed by atoms with E-state index in [4.69, 9.17) is 34.8 Å². The van der Waals surface area contributed by atoms with Gasteiger partial charge in [0.15, 0.2) is 3.79 Å². The van der Waals surface area contributed by atoms with Crippen LogP contribution in [0.2, 0.25) is 0 Å². The molecule has 1 N–H and O–H groups in total. The maximum absolute atomic E-state index is 10.2. The minimum atomic E-state index is -1.30. The van der Waals surface area contributed by atoms with Crippen molar-refractivity contribution < 1.29 is 5.11 Å². The third kappa shape index (κ3) is 3.94. The van der Waals surface area contributed by atoms with Crippen LogP contribution in [0.4, 0.5) is 0 Å². The van der Waals surface area contributed by atoms with Crippen LogP contribution in [0.3, 0.4) is 0 Å². The molecule has 0 amide bonds. The predicted octanol–water partition coefficient (Wildman–Crippen LogP) is 5.45. The molecule has 1 atom stereocenters. The van der Waals surface area contributed by atoms with Crippen molar-refractivity contribution >= 4 is 34.8 Å². The summed E-state index contributed by atoms with van der Waals surface area (Å²) in [5.74, 6) is 0.508. The second kappa shape index (κ2) is 6.36. The van der Waals surface area contributed by atoms with Gasteiger partial charge in [-0.05, 0) is 29.9 Å². The van der Waals surface area contributed by atoms with E-state index in [0.29, 0.717) is 12.2 Å². The average molecular weight is 310 g/mol. The first-order valence-electron chi connectivity index (χ1n) is 6.14. The van der Waals surface area contributed by atoms with Gasteiger partial charge in [-0.25, -0.2) is 0 Å². The van der Waals surface area contributed by atoms with Gasteiger partial charge < -0.3 is 5.11 Å². The summed E-state index contributed by atoms with van der Waals surface area (Å²) < 4.78 is -1.30. The SMILES string of the molecule is CCC(Cc1cccc(C(C)C)c1O)C(Cl)(Cl)Cl. The van der Waals surface area contributed by atoms with Crippen LogP contribution in [0.5, 0.6) is 5.75 Å². The van der Waals surface area contributed by atoms with Crippen molar-refractivity contribution in [2.75, 3.05) is 0 Å². The van der Waals surface area contributed by atoms with Gasteiger partial charge in [0.1, 0.15) is 5.75 Å². The molecule has 4 heteroatoms. The standard InChI is InChI=1S/C14H19Cl3O/c1-4-11(14(15,16)17)8-10-6-5-7-12(9(2)3)13(10)18/h5-7,9,11,18H,4,8H2,1-3H3. The molecule has 1 unspecified atom stereocenters. The molecule has 1 rings (SSSR count). The fourth-order valence-electron chi connectivity index (χ4n) is 2.00. The molecule has 1 aromatic rings. The zero-order valence-electron chi connectivity index (χ0n) is 10.9. The van der Waals surface area contributed by atoms with E-state index in [2.05, 4.69) is 0 Å². The molecule has 0 aliphatic carbocycles. The van der Waals surface area contributed by atoms with Crippen molar-refractivity contribution in [3.05, 3.63) is 29.3 Å². The van der Waals surface area contributed by atoms with Gasteiger partial charge in [0.05, 0.1) is 0 Å². The zero-order valence-corrected chi connectivity index (χ0v) is 13.1. The van der Waals surface area contributed by atoms with Crippen molar-refractivity contribution in [3.63, 3.8) is 0 Å². The summed E-state index contributed by atoms with van der Waals surface area (Å²) in [5.41, 5.74) is 1.78. The summed E-state index contributed by atoms with van der Waals surface area (Å²) in [5, 5.41) is 10.2. The quantitative estimate of drug-likeness (QED) is 0.733. The van der Waals surface area contributed by atoms with Gasteiger partial charge in [-0.15, -0.1) is 0 Å². The number of benzene rings is 1. The van der Waals surface area contributed by atoms with E-state index < -0.39 is 3.79 Å². The largest absolute Gasteiger partial charge is 0.507 e. The number of aromatic hydroxyl groups is 1. The second-order valence-electron chi connectivity index (χ2n) is 4.86. The van der Waals surface area contributed by atoms with Crippen LogP contribution in [0.15, 0.2) is 18.2 Å². The third-order valence-electron chi connectivity index (χ3n) is 3.19. The average Bonchev–Trinajstić information content (AvgIpc) is 2.25. The van der Waals surface area contributed by atoms with Crippen LogP contribution in [0.1, 0.15) is 44.2 Å². The first-order chi connectivity index (χ1) is 8.27. The molecular weight excluding hydrogens is 291 g/mol. The number of para-hydroxylation sites is 1. The number of phenolic OH excluding ortho intramolecular Hbond substituents is 1. The van der Waals surface area contributed by atoms with E-state index in [9.17, 15) is 5.11 Å². The molecule has 0 saturated heterocycles. The third-order valence-corrected chi connectivity index (χ3v) is 4.12. The zero-order chi connectivity index (χ0) is 13.9. The Balaban J connectivity index is 3.01. The maximum atomic E-state index is 10.2. The topological polar surface area (TPSA) is 20.2 Å². The molecular formula is C14H19Cl3O. The Kier molecular flexibility index (Phi) is 5.64. The van der Waals surface area contributed by atoms with Crippen LogP contribution in [-0.2, 0) is 6.42 Å². The smallest absolute Gasteiger partial charge is 0.193 e. The number of alkyl halides is 3. The summed E-state index contributed by atoms with van der Waals surface area (Å²) in [6.45, 7) is 6.08. The van der Waals surface area contributed by atoms with E-state index in [1.807, 2.05) is 39.0 Å². The molecule has 1 nitrogen and oxygen atoms in total. The van der Waals surface area contributed by atoms with Crippen molar-refractivity contribution in [1.29, 1.82) is 0 Å². The Morgan fingerprint density at radius 1 is 1.22 bits per heavy atom. The minimum Gasteiger partial charge on any atom is -0.507 e. The molecule has 1 aromatic carbocycles. The Morgan fingerprint density at radius 3 is 2.28 bits per heavy atom. The molecule has 18 heavy (non-hydrogen) atoms. The van der Waals surface area contributed by atoms with E-state index in [1.54, 1.807) is 0 Å². The lowest BCUT2D eigenvalue weighted by atomic mass is 9.93. The number of rotatable bonds is 4. The highest BCUT2D eigenvalue weighted by molar-refractivity contribution is 6.67. The molecule has 102 valence electrons. The fraction of sp³-hybridized carbons (Fsp3) is 0.571. The van der Waals surface area contributed by atoms with Gasteiger partial charge in [0.25, 0.3) is 0 Å². The highest BCUT2D eigenvalue weighted by Crippen LogP contribution is 2.40. The van der Waals surface area contributed by atoms with Crippen LogP contribution in [-0.4, -0.2) is 8.90 Å². The molecule has 0 bridgehead atoms. The predicted molar refractivity (Wildman–Crippen MR) is 80.0 cm³/mol. The van der Waals surface area contributed by atoms with Crippen LogP contribution in [0, 0.1) is 5.92 Å². The van der Waals surface area contributed by atoms with Gasteiger partial charge in [0, 0.05) is 5.92 Å². The maximum Gasteiger partial charge on any atom is 0.193 e. The highest BCUT2D eigenvalue weighted by Gasteiger charge is 2.31. The van der Waals surface area contributed by atoms with Crippen molar-refractivity contribution in [2.45, 2.75) is 43.3 Å². The van der Waals surface area contributed by atoms with Gasteiger partial charge >= 0.3 is 0 Å². The summed E-state index contributed by atoms with van der Waals surface area (Å²) in [6.07, 6.45) is 1.32. The molecule has 0 saturated carbocycles. The minimum absolute atomic E-state index is 0.101. The number of halogens is 3. The molecule has 0 heterocycles. The first kappa shape index (κ1) is 15.9. The van der Waals surface area contributed by atoms with Crippen molar-refractivity contribution in [2.24, 2.45) is 5.92 Å². The van der Waals surface area contributed by atoms with E-state index in [0.717, 1.165) is 17.5 Å². The summed E-state index contributed by atoms with van der Waals surface area (Å²) in [7, 11) is 0. The fourth-order valence-corrected chi connectivity index (χ4v) is 2.69.